The van der Waals surface area contributed by atoms with Crippen molar-refractivity contribution >= 4 is 0 Å². The highest BCUT2D eigenvalue weighted by atomic mass is 19.4. The first kappa shape index (κ1) is 23.0. The van der Waals surface area contributed by atoms with Crippen molar-refractivity contribution in [1.82, 2.24) is 4.90 Å². The monoisotopic (exact) mass is 452 g/mol. The number of nitrogens with zero attached hydrogens (tertiary/aromatic N) is 1. The first-order valence-corrected chi connectivity index (χ1v) is 10.9. The number of aromatic hydroxyl groups is 1. The Balaban J connectivity index is 1.41. The maximum absolute atomic E-state index is 13.7. The minimum atomic E-state index is -4.57. The van der Waals surface area contributed by atoms with Crippen molar-refractivity contribution < 1.29 is 27.4 Å². The van der Waals surface area contributed by atoms with Gasteiger partial charge in [-0.05, 0) is 73.7 Å². The van der Waals surface area contributed by atoms with Crippen LogP contribution in [0.25, 0.3) is 0 Å². The molecule has 0 amide bonds. The van der Waals surface area contributed by atoms with Crippen molar-refractivity contribution in [2.45, 2.75) is 51.1 Å². The van der Waals surface area contributed by atoms with E-state index in [1.165, 1.54) is 6.07 Å². The van der Waals surface area contributed by atoms with E-state index in [0.717, 1.165) is 35.6 Å². The van der Waals surface area contributed by atoms with Gasteiger partial charge in [-0.1, -0.05) is 12.1 Å². The zero-order chi connectivity index (χ0) is 23.0. The van der Waals surface area contributed by atoms with Crippen molar-refractivity contribution in [2.75, 3.05) is 19.6 Å². The number of hydrogen-bond donors (Lipinski definition) is 2. The largest absolute Gasteiger partial charge is 0.507 e. The number of benzene rings is 2. The Hall–Kier alpha value is -2.16. The summed E-state index contributed by atoms with van der Waals surface area (Å²) in [6, 6.07) is 6.55. The number of alkyl halides is 3. The molecule has 174 valence electrons. The summed E-state index contributed by atoms with van der Waals surface area (Å²) in [6.07, 6.45) is -2.67. The predicted molar refractivity (Wildman–Crippen MR) is 113 cm³/mol. The number of halogens is 4. The van der Waals surface area contributed by atoms with Crippen LogP contribution in [-0.4, -0.2) is 35.7 Å². The summed E-state index contributed by atoms with van der Waals surface area (Å²) in [5.41, 5.74) is 7.96. The Morgan fingerprint density at radius 1 is 1.16 bits per heavy atom. The van der Waals surface area contributed by atoms with Gasteiger partial charge < -0.3 is 15.6 Å². The van der Waals surface area contributed by atoms with Crippen LogP contribution >= 0.6 is 0 Å². The Bertz CT molecular complexity index is 971. The predicted octanol–water partition coefficient (Wildman–Crippen LogP) is 4.71. The fraction of sp³-hybridized carbons (Fsp3) is 0.500. The van der Waals surface area contributed by atoms with Crippen LogP contribution in [0.2, 0.25) is 0 Å². The van der Waals surface area contributed by atoms with Crippen molar-refractivity contribution in [3.05, 3.63) is 64.0 Å². The zero-order valence-electron chi connectivity index (χ0n) is 18.0. The van der Waals surface area contributed by atoms with E-state index in [2.05, 4.69) is 0 Å². The maximum atomic E-state index is 13.7. The lowest BCUT2D eigenvalue weighted by molar-refractivity contribution is -0.137. The molecule has 2 aromatic carbocycles. The van der Waals surface area contributed by atoms with E-state index in [1.54, 1.807) is 0 Å². The molecule has 1 fully saturated rings. The van der Waals surface area contributed by atoms with Gasteiger partial charge in [-0.2, -0.15) is 13.2 Å². The molecule has 8 heteroatoms. The number of hydrogen-bond acceptors (Lipinski definition) is 4. The van der Waals surface area contributed by atoms with E-state index in [4.69, 9.17) is 10.5 Å². The molecule has 32 heavy (non-hydrogen) atoms. The maximum Gasteiger partial charge on any atom is 0.416 e. The number of rotatable bonds is 4. The quantitative estimate of drug-likeness (QED) is 0.660. The molecule has 0 spiro atoms. The number of fused-ring (bicyclic) bond motifs is 1. The van der Waals surface area contributed by atoms with Gasteiger partial charge in [0.05, 0.1) is 17.8 Å². The molecule has 4 rings (SSSR count). The number of nitrogens with two attached hydrogens (primary N) is 1. The minimum absolute atomic E-state index is 0.0723. The van der Waals surface area contributed by atoms with Crippen LogP contribution < -0.4 is 5.73 Å². The standard InChI is InChI=1S/C24H28F4N2O2/c1-14-2-3-19-20(23(14)31)11-21(32-22(19)12-29)16-4-6-30(7-5-16)13-15-8-17(24(26,27)28)10-18(25)9-15/h2-3,8-10,16,21-22,31H,4-7,11-13,29H2,1H3/t21-,22-/m0/s1. The Labute approximate surface area is 185 Å². The van der Waals surface area contributed by atoms with Gasteiger partial charge in [0.25, 0.3) is 0 Å². The van der Waals surface area contributed by atoms with E-state index >= 15 is 0 Å². The number of phenols is 1. The van der Waals surface area contributed by atoms with Gasteiger partial charge in [0, 0.05) is 25.1 Å². The van der Waals surface area contributed by atoms with Crippen molar-refractivity contribution in [1.29, 1.82) is 0 Å². The first-order chi connectivity index (χ1) is 15.2. The highest BCUT2D eigenvalue weighted by molar-refractivity contribution is 5.47. The van der Waals surface area contributed by atoms with E-state index in [-0.39, 0.29) is 24.7 Å². The third kappa shape index (κ3) is 4.77. The van der Waals surface area contributed by atoms with Crippen LogP contribution in [0, 0.1) is 18.7 Å². The molecule has 0 aliphatic carbocycles. The van der Waals surface area contributed by atoms with E-state index in [9.17, 15) is 22.7 Å². The summed E-state index contributed by atoms with van der Waals surface area (Å²) in [7, 11) is 0. The Kier molecular flexibility index (Phi) is 6.47. The summed E-state index contributed by atoms with van der Waals surface area (Å²) in [4.78, 5) is 2.05. The van der Waals surface area contributed by atoms with Gasteiger partial charge >= 0.3 is 6.18 Å². The number of likely N-dealkylation sites (tertiary alicyclic amines) is 1. The summed E-state index contributed by atoms with van der Waals surface area (Å²) in [5.74, 6) is -0.313. The van der Waals surface area contributed by atoms with Crippen LogP contribution in [0.3, 0.4) is 0 Å². The van der Waals surface area contributed by atoms with Crippen molar-refractivity contribution in [3.8, 4) is 5.75 Å². The Morgan fingerprint density at radius 2 is 1.88 bits per heavy atom. The molecule has 0 unspecified atom stereocenters. The molecule has 0 aromatic heterocycles. The third-order valence-electron chi connectivity index (χ3n) is 6.68. The van der Waals surface area contributed by atoms with Crippen LogP contribution in [0.5, 0.6) is 5.75 Å². The van der Waals surface area contributed by atoms with Crippen LogP contribution in [0.4, 0.5) is 17.6 Å². The van der Waals surface area contributed by atoms with Crippen LogP contribution in [-0.2, 0) is 23.9 Å². The van der Waals surface area contributed by atoms with Crippen LogP contribution in [0.1, 0.15) is 46.8 Å². The molecule has 2 aliphatic rings. The number of aryl methyl sites for hydroxylation is 1. The fourth-order valence-corrected chi connectivity index (χ4v) is 4.93. The first-order valence-electron chi connectivity index (χ1n) is 10.9. The van der Waals surface area contributed by atoms with Gasteiger partial charge in [0.2, 0.25) is 0 Å². The third-order valence-corrected chi connectivity index (χ3v) is 6.68. The molecule has 2 aliphatic heterocycles. The lowest BCUT2D eigenvalue weighted by atomic mass is 9.83. The SMILES string of the molecule is Cc1ccc2c(c1O)C[C@@H](C1CCN(Cc3cc(F)cc(C(F)(F)F)c3)CC1)O[C@H]2CN. The second-order valence-electron chi connectivity index (χ2n) is 8.86. The summed E-state index contributed by atoms with van der Waals surface area (Å²) >= 11 is 0. The van der Waals surface area contributed by atoms with Gasteiger partial charge in [-0.15, -0.1) is 0 Å². The smallest absolute Gasteiger partial charge is 0.416 e. The van der Waals surface area contributed by atoms with Gasteiger partial charge in [-0.3, -0.25) is 4.90 Å². The van der Waals surface area contributed by atoms with Crippen LogP contribution in [0.15, 0.2) is 30.3 Å². The van der Waals surface area contributed by atoms with E-state index < -0.39 is 17.6 Å². The average Bonchev–Trinajstić information content (AvgIpc) is 2.75. The molecule has 0 saturated carbocycles. The Morgan fingerprint density at radius 3 is 2.53 bits per heavy atom. The number of phenolic OH excluding ortho intramolecular Hbond substituents is 1. The molecule has 0 bridgehead atoms. The molecule has 1 saturated heterocycles. The van der Waals surface area contributed by atoms with E-state index in [0.29, 0.717) is 43.4 Å². The van der Waals surface area contributed by atoms with Gasteiger partial charge in [0.1, 0.15) is 11.6 Å². The highest BCUT2D eigenvalue weighted by Crippen LogP contribution is 2.40. The number of ether oxygens (including phenoxy) is 1. The summed E-state index contributed by atoms with van der Waals surface area (Å²) < 4.78 is 58.9. The summed E-state index contributed by atoms with van der Waals surface area (Å²) in [6.45, 7) is 3.83. The topological polar surface area (TPSA) is 58.7 Å². The zero-order valence-corrected chi connectivity index (χ0v) is 18.0. The lowest BCUT2D eigenvalue weighted by Gasteiger charge is -2.40. The molecule has 4 nitrogen and oxygen atoms in total. The minimum Gasteiger partial charge on any atom is -0.507 e. The van der Waals surface area contributed by atoms with Crippen molar-refractivity contribution in [2.24, 2.45) is 11.7 Å². The van der Waals surface area contributed by atoms with Crippen molar-refractivity contribution in [3.63, 3.8) is 0 Å². The fourth-order valence-electron chi connectivity index (χ4n) is 4.93. The number of piperidine rings is 1. The highest BCUT2D eigenvalue weighted by Gasteiger charge is 2.36. The van der Waals surface area contributed by atoms with Gasteiger partial charge in [-0.25, -0.2) is 4.39 Å². The molecule has 2 atom stereocenters. The van der Waals surface area contributed by atoms with Gasteiger partial charge in [0.15, 0.2) is 0 Å². The molecule has 2 heterocycles. The second kappa shape index (κ2) is 9.00. The molecule has 2 aromatic rings. The average molecular weight is 452 g/mol. The molecule has 0 radical (unpaired) electrons. The van der Waals surface area contributed by atoms with E-state index in [1.807, 2.05) is 24.0 Å². The second-order valence-corrected chi connectivity index (χ2v) is 8.86. The molecular formula is C24H28F4N2O2. The normalized spacial score (nSPS) is 22.7. The summed E-state index contributed by atoms with van der Waals surface area (Å²) in [5, 5.41) is 10.6. The lowest BCUT2D eigenvalue weighted by Crippen LogP contribution is -2.42. The molecular weight excluding hydrogens is 424 g/mol. The molecule has 3 N–H and O–H groups in total.